The van der Waals surface area contributed by atoms with Gasteiger partial charge in [-0.25, -0.2) is 23.7 Å². The summed E-state index contributed by atoms with van der Waals surface area (Å²) >= 11 is 0. The van der Waals surface area contributed by atoms with Crippen molar-refractivity contribution < 1.29 is 18.3 Å². The molecule has 5 rings (SSSR count). The van der Waals surface area contributed by atoms with E-state index in [0.717, 1.165) is 23.5 Å². The van der Waals surface area contributed by atoms with Crippen molar-refractivity contribution in [1.82, 2.24) is 20.3 Å². The van der Waals surface area contributed by atoms with E-state index < -0.39 is 6.43 Å². The van der Waals surface area contributed by atoms with Gasteiger partial charge in [-0.05, 0) is 43.2 Å². The van der Waals surface area contributed by atoms with E-state index in [2.05, 4.69) is 44.7 Å². The number of nitrogens with zero attached hydrogens (tertiary/aromatic N) is 3. The zero-order chi connectivity index (χ0) is 25.3. The van der Waals surface area contributed by atoms with Gasteiger partial charge in [-0.15, -0.1) is 0 Å². The highest BCUT2D eigenvalue weighted by atomic mass is 19.3. The number of ether oxygens (including phenoxy) is 1. The summed E-state index contributed by atoms with van der Waals surface area (Å²) < 4.78 is 33.2. The van der Waals surface area contributed by atoms with Crippen LogP contribution in [0.25, 0.3) is 11.3 Å². The number of rotatable bonds is 6. The minimum absolute atomic E-state index is 0.0229. The molecule has 0 spiro atoms. The summed E-state index contributed by atoms with van der Waals surface area (Å²) in [5, 5.41) is 9.10. The number of fused-ring (bicyclic) bond motifs is 1. The third-order valence-corrected chi connectivity index (χ3v) is 6.62. The summed E-state index contributed by atoms with van der Waals surface area (Å²) in [6.07, 6.45) is 1.92. The first-order valence-corrected chi connectivity index (χ1v) is 12.0. The van der Waals surface area contributed by atoms with E-state index >= 15 is 0 Å². The minimum atomic E-state index is -2.79. The second-order valence-corrected chi connectivity index (χ2v) is 9.71. The van der Waals surface area contributed by atoms with Gasteiger partial charge in [-0.1, -0.05) is 13.8 Å². The zero-order valence-corrected chi connectivity index (χ0v) is 20.1. The first kappa shape index (κ1) is 24.1. The van der Waals surface area contributed by atoms with Crippen LogP contribution >= 0.6 is 0 Å². The van der Waals surface area contributed by atoms with Crippen molar-refractivity contribution in [3.8, 4) is 11.3 Å². The number of anilines is 3. The van der Waals surface area contributed by atoms with Crippen molar-refractivity contribution in [3.63, 3.8) is 0 Å². The van der Waals surface area contributed by atoms with E-state index in [9.17, 15) is 13.6 Å². The van der Waals surface area contributed by atoms with Crippen LogP contribution in [0.5, 0.6) is 0 Å². The SMILES string of the molecule is CC1(C)CNc2ncc(-c3ccnc(Nc4ccc(C(=O)NC5CCOCC5)cc4C(F)F)n3)cc21. The van der Waals surface area contributed by atoms with E-state index in [4.69, 9.17) is 4.74 Å². The van der Waals surface area contributed by atoms with Crippen molar-refractivity contribution >= 4 is 23.4 Å². The van der Waals surface area contributed by atoms with Crippen molar-refractivity contribution in [2.45, 2.75) is 44.6 Å². The number of aromatic nitrogens is 3. The summed E-state index contributed by atoms with van der Waals surface area (Å²) in [6, 6.07) is 7.97. The molecule has 1 aromatic carbocycles. The number of pyridine rings is 1. The normalized spacial score (nSPS) is 16.9. The van der Waals surface area contributed by atoms with Crippen LogP contribution in [0.15, 0.2) is 42.7 Å². The Kier molecular flexibility index (Phi) is 6.53. The topological polar surface area (TPSA) is 101 Å². The average Bonchev–Trinajstić information content (AvgIpc) is 3.18. The molecule has 1 saturated heterocycles. The van der Waals surface area contributed by atoms with E-state index in [1.807, 2.05) is 6.07 Å². The molecule has 4 heterocycles. The number of halogens is 2. The lowest BCUT2D eigenvalue weighted by Gasteiger charge is -2.23. The smallest absolute Gasteiger partial charge is 0.265 e. The van der Waals surface area contributed by atoms with Crippen LogP contribution in [-0.2, 0) is 10.2 Å². The van der Waals surface area contributed by atoms with Crippen LogP contribution in [0.2, 0.25) is 0 Å². The molecule has 0 unspecified atom stereocenters. The number of benzene rings is 1. The van der Waals surface area contributed by atoms with Gasteiger partial charge >= 0.3 is 0 Å². The number of carbonyl (C=O) groups excluding carboxylic acids is 1. The van der Waals surface area contributed by atoms with Crippen LogP contribution in [0.4, 0.5) is 26.2 Å². The maximum absolute atomic E-state index is 13.9. The van der Waals surface area contributed by atoms with Gasteiger partial charge in [0, 0.05) is 71.6 Å². The summed E-state index contributed by atoms with van der Waals surface area (Å²) in [4.78, 5) is 25.9. The maximum atomic E-state index is 13.9. The molecule has 2 aromatic heterocycles. The Labute approximate surface area is 207 Å². The number of carbonyl (C=O) groups is 1. The number of amides is 1. The molecule has 8 nitrogen and oxygen atoms in total. The summed E-state index contributed by atoms with van der Waals surface area (Å²) in [7, 11) is 0. The highest BCUT2D eigenvalue weighted by Crippen LogP contribution is 2.37. The summed E-state index contributed by atoms with van der Waals surface area (Å²) in [6.45, 7) is 6.23. The number of hydrogen-bond donors (Lipinski definition) is 3. The van der Waals surface area contributed by atoms with Crippen molar-refractivity contribution in [3.05, 3.63) is 59.4 Å². The third kappa shape index (κ3) is 4.99. The van der Waals surface area contributed by atoms with Crippen molar-refractivity contribution in [1.29, 1.82) is 0 Å². The van der Waals surface area contributed by atoms with E-state index in [1.54, 1.807) is 18.5 Å². The highest BCUT2D eigenvalue weighted by Gasteiger charge is 2.31. The Morgan fingerprint density at radius 1 is 1.17 bits per heavy atom. The van der Waals surface area contributed by atoms with Gasteiger partial charge in [0.2, 0.25) is 5.95 Å². The molecule has 0 aliphatic carbocycles. The first-order chi connectivity index (χ1) is 17.3. The highest BCUT2D eigenvalue weighted by molar-refractivity contribution is 5.95. The average molecular weight is 495 g/mol. The first-order valence-electron chi connectivity index (χ1n) is 12.0. The van der Waals surface area contributed by atoms with Crippen molar-refractivity contribution in [2.75, 3.05) is 30.4 Å². The molecule has 0 bridgehead atoms. The Morgan fingerprint density at radius 3 is 2.75 bits per heavy atom. The number of nitrogens with one attached hydrogen (secondary N) is 3. The molecule has 2 aliphatic heterocycles. The Bertz CT molecular complexity index is 1280. The third-order valence-electron chi connectivity index (χ3n) is 6.62. The van der Waals surface area contributed by atoms with Gasteiger partial charge in [0.1, 0.15) is 5.82 Å². The molecular weight excluding hydrogens is 466 g/mol. The molecule has 1 amide bonds. The quantitative estimate of drug-likeness (QED) is 0.451. The summed E-state index contributed by atoms with van der Waals surface area (Å²) in [5.74, 6) is 0.653. The molecule has 36 heavy (non-hydrogen) atoms. The second kappa shape index (κ2) is 9.77. The van der Waals surface area contributed by atoms with Crippen molar-refractivity contribution in [2.24, 2.45) is 0 Å². The fraction of sp³-hybridized carbons (Fsp3) is 0.385. The fourth-order valence-electron chi connectivity index (χ4n) is 4.47. The molecule has 0 radical (unpaired) electrons. The van der Waals surface area contributed by atoms with Crippen LogP contribution in [0, 0.1) is 0 Å². The zero-order valence-electron chi connectivity index (χ0n) is 20.1. The van der Waals surface area contributed by atoms with Gasteiger partial charge < -0.3 is 20.7 Å². The molecule has 0 atom stereocenters. The molecule has 1 fully saturated rings. The van der Waals surface area contributed by atoms with Crippen LogP contribution < -0.4 is 16.0 Å². The maximum Gasteiger partial charge on any atom is 0.265 e. The van der Waals surface area contributed by atoms with Crippen LogP contribution in [0.1, 0.15) is 54.6 Å². The Balaban J connectivity index is 1.37. The van der Waals surface area contributed by atoms with Gasteiger partial charge in [0.25, 0.3) is 12.3 Å². The second-order valence-electron chi connectivity index (χ2n) is 9.71. The predicted molar refractivity (Wildman–Crippen MR) is 133 cm³/mol. The number of alkyl halides is 2. The molecule has 2 aliphatic rings. The van der Waals surface area contributed by atoms with Gasteiger partial charge in [0.15, 0.2) is 0 Å². The predicted octanol–water partition coefficient (Wildman–Crippen LogP) is 4.83. The number of hydrogen-bond acceptors (Lipinski definition) is 7. The Morgan fingerprint density at radius 2 is 1.97 bits per heavy atom. The monoisotopic (exact) mass is 494 g/mol. The lowest BCUT2D eigenvalue weighted by Crippen LogP contribution is -2.38. The van der Waals surface area contributed by atoms with Gasteiger partial charge in [0.05, 0.1) is 5.69 Å². The van der Waals surface area contributed by atoms with Gasteiger partial charge in [-0.2, -0.15) is 0 Å². The van der Waals surface area contributed by atoms with Gasteiger partial charge in [-0.3, -0.25) is 4.79 Å². The van der Waals surface area contributed by atoms with Crippen LogP contribution in [0.3, 0.4) is 0 Å². The summed E-state index contributed by atoms with van der Waals surface area (Å²) in [5.41, 5.74) is 2.50. The fourth-order valence-corrected chi connectivity index (χ4v) is 4.47. The lowest BCUT2D eigenvalue weighted by atomic mass is 9.87. The van der Waals surface area contributed by atoms with E-state index in [-0.39, 0.29) is 40.1 Å². The standard InChI is InChI=1S/C26H28F2N6O2/c1-26(2)14-31-23-19(26)12-16(13-30-23)20-5-8-29-25(33-20)34-21-4-3-15(11-18(21)22(27)28)24(35)32-17-6-9-36-10-7-17/h3-5,8,11-13,17,22H,6-7,9-10,14H2,1-2H3,(H,30,31)(H,32,35)(H,29,33,34). The lowest BCUT2D eigenvalue weighted by molar-refractivity contribution is 0.0696. The van der Waals surface area contributed by atoms with E-state index in [1.165, 1.54) is 18.2 Å². The minimum Gasteiger partial charge on any atom is -0.381 e. The van der Waals surface area contributed by atoms with E-state index in [0.29, 0.717) is 31.7 Å². The molecule has 3 N–H and O–H groups in total. The molecule has 0 saturated carbocycles. The molecule has 3 aromatic rings. The molecule has 10 heteroatoms. The molecular formula is C26H28F2N6O2. The van der Waals surface area contributed by atoms with Crippen LogP contribution in [-0.4, -0.2) is 46.7 Å². The molecule has 188 valence electrons. The largest absolute Gasteiger partial charge is 0.381 e. The Hall–Kier alpha value is -3.66.